The Hall–Kier alpha value is -3.20. The zero-order valence-corrected chi connectivity index (χ0v) is 15.0. The molecule has 2 amide bonds. The van der Waals surface area contributed by atoms with Crippen LogP contribution in [-0.4, -0.2) is 31.4 Å². The van der Waals surface area contributed by atoms with Crippen molar-refractivity contribution in [2.75, 3.05) is 5.01 Å². The van der Waals surface area contributed by atoms with E-state index in [1.165, 1.54) is 13.8 Å². The van der Waals surface area contributed by atoms with E-state index in [0.29, 0.717) is 26.1 Å². The van der Waals surface area contributed by atoms with E-state index in [1.54, 1.807) is 6.92 Å². The lowest BCUT2D eigenvalue weighted by atomic mass is 10.3. The van der Waals surface area contributed by atoms with Crippen LogP contribution < -0.4 is 10.6 Å². The fourth-order valence-electron chi connectivity index (χ4n) is 2.90. The lowest BCUT2D eigenvalue weighted by Gasteiger charge is -2.20. The summed E-state index contributed by atoms with van der Waals surface area (Å²) >= 11 is 1.15. The molecule has 0 aliphatic heterocycles. The molecule has 130 valence electrons. The number of aromatic nitrogens is 4. The molecule has 8 nitrogen and oxygen atoms in total. The standard InChI is InChI=1S/C17H13N5O3S/c1-8-18-13-14-16(20-12-7-5-4-6-11(12)19-14)26-15(13)17(25)21(8)22(9(2)23)10(3)24/h4-7H,1-3H3. The van der Waals surface area contributed by atoms with Crippen LogP contribution in [-0.2, 0) is 9.59 Å². The van der Waals surface area contributed by atoms with E-state index in [-0.39, 0.29) is 5.82 Å². The molecule has 1 aromatic carbocycles. The van der Waals surface area contributed by atoms with Gasteiger partial charge in [0.2, 0.25) is 11.8 Å². The number of fused-ring (bicyclic) bond motifs is 4. The number of para-hydroxylation sites is 2. The van der Waals surface area contributed by atoms with Crippen LogP contribution in [0.4, 0.5) is 0 Å². The van der Waals surface area contributed by atoms with Crippen LogP contribution in [0.5, 0.6) is 0 Å². The first-order chi connectivity index (χ1) is 12.4. The summed E-state index contributed by atoms with van der Waals surface area (Å²) in [5, 5.41) is 0.784. The van der Waals surface area contributed by atoms with Crippen LogP contribution in [0.1, 0.15) is 19.7 Å². The summed E-state index contributed by atoms with van der Waals surface area (Å²) in [7, 11) is 0. The molecule has 9 heteroatoms. The van der Waals surface area contributed by atoms with Crippen LogP contribution in [0, 0.1) is 6.92 Å². The van der Waals surface area contributed by atoms with Crippen LogP contribution in [0.2, 0.25) is 0 Å². The molecule has 0 unspecified atom stereocenters. The highest BCUT2D eigenvalue weighted by Gasteiger charge is 2.24. The Bertz CT molecular complexity index is 1280. The molecule has 0 N–H and O–H groups in total. The van der Waals surface area contributed by atoms with Gasteiger partial charge in [-0.15, -0.1) is 11.3 Å². The van der Waals surface area contributed by atoms with E-state index in [2.05, 4.69) is 15.0 Å². The fraction of sp³-hybridized carbons (Fsp3) is 0.176. The number of imide groups is 1. The van der Waals surface area contributed by atoms with Crippen LogP contribution in [0.25, 0.3) is 31.6 Å². The second-order valence-corrected chi connectivity index (χ2v) is 6.77. The molecule has 0 aliphatic rings. The number of thiophene rings is 1. The predicted molar refractivity (Wildman–Crippen MR) is 98.8 cm³/mol. The third-order valence-electron chi connectivity index (χ3n) is 3.94. The second-order valence-electron chi connectivity index (χ2n) is 5.77. The van der Waals surface area contributed by atoms with Crippen molar-refractivity contribution in [3.8, 4) is 0 Å². The van der Waals surface area contributed by atoms with Gasteiger partial charge in [-0.3, -0.25) is 14.4 Å². The van der Waals surface area contributed by atoms with E-state index >= 15 is 0 Å². The summed E-state index contributed by atoms with van der Waals surface area (Å²) in [5.41, 5.74) is 1.89. The minimum absolute atomic E-state index is 0.225. The van der Waals surface area contributed by atoms with Crippen molar-refractivity contribution < 1.29 is 9.59 Å². The molecule has 0 radical (unpaired) electrons. The molecule has 0 fully saturated rings. The molecule has 0 saturated heterocycles. The molecule has 0 atom stereocenters. The number of hydrogen-bond donors (Lipinski definition) is 0. The van der Waals surface area contributed by atoms with Gasteiger partial charge in [0.1, 0.15) is 26.4 Å². The highest BCUT2D eigenvalue weighted by atomic mass is 32.1. The Morgan fingerprint density at radius 3 is 2.23 bits per heavy atom. The average molecular weight is 367 g/mol. The van der Waals surface area contributed by atoms with Gasteiger partial charge in [0.25, 0.3) is 5.56 Å². The van der Waals surface area contributed by atoms with Crippen molar-refractivity contribution in [1.29, 1.82) is 0 Å². The van der Waals surface area contributed by atoms with E-state index < -0.39 is 17.4 Å². The van der Waals surface area contributed by atoms with Gasteiger partial charge in [-0.25, -0.2) is 15.0 Å². The number of amides is 2. The third-order valence-corrected chi connectivity index (χ3v) is 4.99. The molecule has 3 heterocycles. The van der Waals surface area contributed by atoms with Gasteiger partial charge < -0.3 is 0 Å². The normalized spacial score (nSPS) is 11.3. The van der Waals surface area contributed by atoms with Crippen molar-refractivity contribution in [2.24, 2.45) is 0 Å². The molecular formula is C17H13N5O3S. The van der Waals surface area contributed by atoms with Crippen LogP contribution >= 0.6 is 11.3 Å². The van der Waals surface area contributed by atoms with Gasteiger partial charge in [-0.05, 0) is 19.1 Å². The summed E-state index contributed by atoms with van der Waals surface area (Å²) in [4.78, 5) is 50.9. The summed E-state index contributed by atoms with van der Waals surface area (Å²) in [6.45, 7) is 4.01. The van der Waals surface area contributed by atoms with E-state index in [1.807, 2.05) is 24.3 Å². The highest BCUT2D eigenvalue weighted by Crippen LogP contribution is 2.29. The maximum atomic E-state index is 13.0. The maximum absolute atomic E-state index is 13.0. The molecule has 0 spiro atoms. The molecule has 0 saturated carbocycles. The minimum atomic E-state index is -0.563. The quantitative estimate of drug-likeness (QED) is 0.510. The molecule has 3 aromatic heterocycles. The molecule has 4 aromatic rings. The monoisotopic (exact) mass is 367 g/mol. The average Bonchev–Trinajstić information content (AvgIpc) is 2.93. The molecule has 4 rings (SSSR count). The topological polar surface area (TPSA) is 98.1 Å². The number of carbonyl (C=O) groups excluding carboxylic acids is 2. The van der Waals surface area contributed by atoms with Gasteiger partial charge in [0.05, 0.1) is 11.0 Å². The number of carbonyl (C=O) groups is 2. The summed E-state index contributed by atoms with van der Waals surface area (Å²) < 4.78 is 1.30. The molecular weight excluding hydrogens is 354 g/mol. The van der Waals surface area contributed by atoms with Crippen LogP contribution in [0.15, 0.2) is 29.1 Å². The Kier molecular flexibility index (Phi) is 3.55. The zero-order valence-electron chi connectivity index (χ0n) is 14.2. The van der Waals surface area contributed by atoms with Crippen molar-refractivity contribution in [2.45, 2.75) is 20.8 Å². The second kappa shape index (κ2) is 5.67. The number of aryl methyl sites for hydroxylation is 1. The Morgan fingerprint density at radius 1 is 1.00 bits per heavy atom. The number of benzene rings is 1. The first kappa shape index (κ1) is 16.3. The molecule has 0 aliphatic carbocycles. The van der Waals surface area contributed by atoms with Crippen molar-refractivity contribution in [1.82, 2.24) is 19.6 Å². The summed E-state index contributed by atoms with van der Waals surface area (Å²) in [5.74, 6) is -0.901. The first-order valence-corrected chi connectivity index (χ1v) is 8.60. The third kappa shape index (κ3) is 2.28. The first-order valence-electron chi connectivity index (χ1n) is 7.78. The SMILES string of the molecule is CC(=O)N(C(C)=O)n1c(C)nc2c(sc3nc4ccccc4nc32)c1=O. The van der Waals surface area contributed by atoms with Gasteiger partial charge in [0.15, 0.2) is 0 Å². The van der Waals surface area contributed by atoms with Crippen LogP contribution in [0.3, 0.4) is 0 Å². The molecule has 26 heavy (non-hydrogen) atoms. The predicted octanol–water partition coefficient (Wildman–Crippen LogP) is 1.89. The zero-order chi connectivity index (χ0) is 18.6. The number of hydrogen-bond acceptors (Lipinski definition) is 7. The van der Waals surface area contributed by atoms with Crippen molar-refractivity contribution in [3.05, 3.63) is 40.4 Å². The fourth-order valence-corrected chi connectivity index (χ4v) is 3.89. The van der Waals surface area contributed by atoms with Gasteiger partial charge in [-0.2, -0.15) is 9.69 Å². The lowest BCUT2D eigenvalue weighted by molar-refractivity contribution is -0.126. The van der Waals surface area contributed by atoms with Crippen molar-refractivity contribution >= 4 is 54.7 Å². The molecule has 0 bridgehead atoms. The maximum Gasteiger partial charge on any atom is 0.291 e. The summed E-state index contributed by atoms with van der Waals surface area (Å²) in [6.07, 6.45) is 0. The minimum Gasteiger partial charge on any atom is -0.273 e. The van der Waals surface area contributed by atoms with E-state index in [9.17, 15) is 14.4 Å². The number of nitrogens with zero attached hydrogens (tertiary/aromatic N) is 5. The number of rotatable bonds is 1. The smallest absolute Gasteiger partial charge is 0.273 e. The van der Waals surface area contributed by atoms with Gasteiger partial charge in [0, 0.05) is 13.8 Å². The Labute approximate surface area is 150 Å². The lowest BCUT2D eigenvalue weighted by Crippen LogP contribution is -2.49. The Balaban J connectivity index is 2.11. The summed E-state index contributed by atoms with van der Waals surface area (Å²) in [6, 6.07) is 7.41. The van der Waals surface area contributed by atoms with Gasteiger partial charge >= 0.3 is 0 Å². The van der Waals surface area contributed by atoms with Crippen molar-refractivity contribution in [3.63, 3.8) is 0 Å². The highest BCUT2D eigenvalue weighted by molar-refractivity contribution is 7.25. The van der Waals surface area contributed by atoms with Gasteiger partial charge in [-0.1, -0.05) is 12.1 Å². The Morgan fingerprint density at radius 2 is 1.62 bits per heavy atom. The van der Waals surface area contributed by atoms with E-state index in [4.69, 9.17) is 0 Å². The largest absolute Gasteiger partial charge is 0.291 e. The van der Waals surface area contributed by atoms with E-state index in [0.717, 1.165) is 26.5 Å².